The molecule has 0 aromatic heterocycles. The van der Waals surface area contributed by atoms with E-state index in [4.69, 9.17) is 0 Å². The number of hydrogen-bond donors (Lipinski definition) is 2. The van der Waals surface area contributed by atoms with Crippen LogP contribution in [0.4, 0.5) is 0 Å². The average molecular weight is 392 g/mol. The number of rotatable bonds is 6. The number of carbonyl (C=O) groups is 1. The Morgan fingerprint density at radius 3 is 2.44 bits per heavy atom. The lowest BCUT2D eigenvalue weighted by atomic mass is 9.70. The molecule has 2 aliphatic carbocycles. The van der Waals surface area contributed by atoms with Crippen molar-refractivity contribution in [1.29, 1.82) is 0 Å². The third-order valence-corrected chi connectivity index (χ3v) is 8.28. The van der Waals surface area contributed by atoms with Gasteiger partial charge in [-0.05, 0) is 49.7 Å². The Balaban J connectivity index is 1.52. The van der Waals surface area contributed by atoms with Crippen molar-refractivity contribution >= 4 is 21.6 Å². The Morgan fingerprint density at radius 2 is 1.89 bits per heavy atom. The summed E-state index contributed by atoms with van der Waals surface area (Å²) in [6, 6.07) is 6.60. The molecular formula is C20H29N3O3S. The second kappa shape index (κ2) is 7.02. The maximum Gasteiger partial charge on any atom is 0.241 e. The number of fused-ring (bicyclic) bond motifs is 2. The van der Waals surface area contributed by atoms with Crippen LogP contribution in [0.3, 0.4) is 0 Å². The van der Waals surface area contributed by atoms with Crippen LogP contribution in [0.5, 0.6) is 0 Å². The first-order chi connectivity index (χ1) is 12.6. The van der Waals surface area contributed by atoms with E-state index in [0.29, 0.717) is 5.92 Å². The SMILES string of the molecule is Cc1ccc(S(=O)(=O)NCCC(=O)N/N=C2/C[C@@H]3CC[C@]2(C)C3(C)C)cc1. The van der Waals surface area contributed by atoms with Crippen LogP contribution in [-0.4, -0.2) is 26.6 Å². The summed E-state index contributed by atoms with van der Waals surface area (Å²) in [4.78, 5) is 12.3. The third-order valence-electron chi connectivity index (χ3n) is 6.80. The van der Waals surface area contributed by atoms with Gasteiger partial charge in [0.05, 0.1) is 4.90 Å². The summed E-state index contributed by atoms with van der Waals surface area (Å²) in [6.07, 6.45) is 3.31. The fraction of sp³-hybridized carbons (Fsp3) is 0.600. The summed E-state index contributed by atoms with van der Waals surface area (Å²) in [5, 5.41) is 4.40. The highest BCUT2D eigenvalue weighted by atomic mass is 32.2. The highest BCUT2D eigenvalue weighted by Gasteiger charge is 2.59. The molecule has 0 heterocycles. The van der Waals surface area contributed by atoms with Gasteiger partial charge in [0.2, 0.25) is 15.9 Å². The fourth-order valence-electron chi connectivity index (χ4n) is 4.38. The number of nitrogens with one attached hydrogen (secondary N) is 2. The van der Waals surface area contributed by atoms with Gasteiger partial charge in [0.15, 0.2) is 0 Å². The maximum absolute atomic E-state index is 12.2. The molecule has 0 radical (unpaired) electrons. The molecule has 2 N–H and O–H groups in total. The normalized spacial score (nSPS) is 27.9. The van der Waals surface area contributed by atoms with Gasteiger partial charge in [-0.3, -0.25) is 4.79 Å². The summed E-state index contributed by atoms with van der Waals surface area (Å²) in [7, 11) is -3.60. The zero-order valence-corrected chi connectivity index (χ0v) is 17.3. The van der Waals surface area contributed by atoms with Crippen molar-refractivity contribution in [3.8, 4) is 0 Å². The van der Waals surface area contributed by atoms with E-state index in [2.05, 4.69) is 36.0 Å². The van der Waals surface area contributed by atoms with E-state index in [9.17, 15) is 13.2 Å². The highest BCUT2D eigenvalue weighted by Crippen LogP contribution is 2.63. The molecule has 0 saturated heterocycles. The van der Waals surface area contributed by atoms with Gasteiger partial charge in [-0.1, -0.05) is 38.5 Å². The number of hydrazone groups is 1. The standard InChI is InChI=1S/C20H29N3O3S/c1-14-5-7-16(8-6-14)27(25,26)21-12-10-18(24)23-22-17-13-15-9-11-20(17,4)19(15,2)3/h5-8,15,21H,9-13H2,1-4H3,(H,23,24)/b22-17-/t15-,20-/m0/s1. The highest BCUT2D eigenvalue weighted by molar-refractivity contribution is 7.89. The van der Waals surface area contributed by atoms with Crippen molar-refractivity contribution in [3.05, 3.63) is 29.8 Å². The molecule has 7 heteroatoms. The Morgan fingerprint density at radius 1 is 1.22 bits per heavy atom. The van der Waals surface area contributed by atoms with Gasteiger partial charge in [0.1, 0.15) is 0 Å². The summed E-state index contributed by atoms with van der Waals surface area (Å²) in [5.74, 6) is 0.345. The van der Waals surface area contributed by atoms with E-state index in [1.54, 1.807) is 24.3 Å². The van der Waals surface area contributed by atoms with Crippen LogP contribution in [0.25, 0.3) is 0 Å². The molecule has 1 aromatic rings. The molecule has 0 spiro atoms. The van der Waals surface area contributed by atoms with Gasteiger partial charge in [-0.2, -0.15) is 5.10 Å². The number of carbonyl (C=O) groups excluding carboxylic acids is 1. The van der Waals surface area contributed by atoms with Crippen LogP contribution < -0.4 is 10.1 Å². The van der Waals surface area contributed by atoms with Gasteiger partial charge in [-0.25, -0.2) is 18.6 Å². The van der Waals surface area contributed by atoms with E-state index in [1.807, 2.05) is 6.92 Å². The molecule has 3 rings (SSSR count). The maximum atomic E-state index is 12.2. The molecule has 0 unspecified atom stereocenters. The molecule has 1 aromatic carbocycles. The first-order valence-corrected chi connectivity index (χ1v) is 11.0. The number of sulfonamides is 1. The number of hydrogen-bond acceptors (Lipinski definition) is 4. The van der Waals surface area contributed by atoms with Crippen molar-refractivity contribution in [3.63, 3.8) is 0 Å². The molecule has 1 amide bonds. The van der Waals surface area contributed by atoms with Gasteiger partial charge in [-0.15, -0.1) is 0 Å². The molecule has 148 valence electrons. The minimum atomic E-state index is -3.60. The summed E-state index contributed by atoms with van der Waals surface area (Å²) in [5.41, 5.74) is 4.93. The number of amides is 1. The smallest absolute Gasteiger partial charge is 0.241 e. The van der Waals surface area contributed by atoms with Crippen LogP contribution in [0.15, 0.2) is 34.3 Å². The molecule has 2 saturated carbocycles. The monoisotopic (exact) mass is 391 g/mol. The van der Waals surface area contributed by atoms with Crippen molar-refractivity contribution in [2.24, 2.45) is 21.8 Å². The summed E-state index contributed by atoms with van der Waals surface area (Å²) in [6.45, 7) is 8.75. The molecular weight excluding hydrogens is 362 g/mol. The lowest BCUT2D eigenvalue weighted by Crippen LogP contribution is -2.34. The summed E-state index contributed by atoms with van der Waals surface area (Å²) >= 11 is 0. The van der Waals surface area contributed by atoms with E-state index in [-0.39, 0.29) is 34.6 Å². The topological polar surface area (TPSA) is 87.6 Å². The minimum Gasteiger partial charge on any atom is -0.273 e. The Labute approximate surface area is 161 Å². The van der Waals surface area contributed by atoms with E-state index >= 15 is 0 Å². The largest absolute Gasteiger partial charge is 0.273 e. The second-order valence-corrected chi connectivity index (χ2v) is 10.3. The van der Waals surface area contributed by atoms with Gasteiger partial charge < -0.3 is 0 Å². The first kappa shape index (κ1) is 20.0. The molecule has 2 fully saturated rings. The van der Waals surface area contributed by atoms with Crippen molar-refractivity contribution < 1.29 is 13.2 Å². The van der Waals surface area contributed by atoms with E-state index in [0.717, 1.165) is 24.1 Å². The number of nitrogens with zero attached hydrogens (tertiary/aromatic N) is 1. The van der Waals surface area contributed by atoms with Gasteiger partial charge in [0.25, 0.3) is 0 Å². The van der Waals surface area contributed by atoms with Crippen LogP contribution in [-0.2, 0) is 14.8 Å². The Hall–Kier alpha value is -1.73. The molecule has 27 heavy (non-hydrogen) atoms. The zero-order valence-electron chi connectivity index (χ0n) is 16.5. The van der Waals surface area contributed by atoms with Crippen molar-refractivity contribution in [1.82, 2.24) is 10.1 Å². The predicted molar refractivity (Wildman–Crippen MR) is 106 cm³/mol. The van der Waals surface area contributed by atoms with Gasteiger partial charge in [0, 0.05) is 24.1 Å². The number of benzene rings is 1. The van der Waals surface area contributed by atoms with Crippen molar-refractivity contribution in [2.45, 2.75) is 58.3 Å². The lowest BCUT2D eigenvalue weighted by molar-refractivity contribution is -0.120. The molecule has 0 aliphatic heterocycles. The van der Waals surface area contributed by atoms with Crippen molar-refractivity contribution in [2.75, 3.05) is 6.54 Å². The quantitative estimate of drug-likeness (QED) is 0.731. The van der Waals surface area contributed by atoms with Gasteiger partial charge >= 0.3 is 0 Å². The fourth-order valence-corrected chi connectivity index (χ4v) is 5.41. The second-order valence-electron chi connectivity index (χ2n) is 8.55. The van der Waals surface area contributed by atoms with Crippen LogP contribution in [0, 0.1) is 23.7 Å². The first-order valence-electron chi connectivity index (χ1n) is 9.48. The Bertz CT molecular complexity index is 859. The van der Waals surface area contributed by atoms with E-state index < -0.39 is 10.0 Å². The number of aryl methyl sites for hydroxylation is 1. The zero-order chi connectivity index (χ0) is 19.9. The van der Waals surface area contributed by atoms with Crippen LogP contribution in [0.2, 0.25) is 0 Å². The summed E-state index contributed by atoms with van der Waals surface area (Å²) < 4.78 is 26.9. The molecule has 2 aliphatic rings. The van der Waals surface area contributed by atoms with Crippen LogP contribution >= 0.6 is 0 Å². The molecule has 2 bridgehead atoms. The Kier molecular flexibility index (Phi) is 5.20. The molecule has 2 atom stereocenters. The lowest BCUT2D eigenvalue weighted by Gasteiger charge is -2.34. The minimum absolute atomic E-state index is 0.0397. The van der Waals surface area contributed by atoms with Crippen LogP contribution in [0.1, 0.15) is 52.0 Å². The third kappa shape index (κ3) is 3.67. The average Bonchev–Trinajstić information content (AvgIpc) is 2.93. The predicted octanol–water partition coefficient (Wildman–Crippen LogP) is 2.98. The van der Waals surface area contributed by atoms with E-state index in [1.165, 1.54) is 6.42 Å². The molecule has 6 nitrogen and oxygen atoms in total.